The number of benzene rings is 1. The summed E-state index contributed by atoms with van der Waals surface area (Å²) in [5, 5.41) is 9.67. The summed E-state index contributed by atoms with van der Waals surface area (Å²) in [6.45, 7) is 3.90. The number of aromatic nitrogens is 4. The van der Waals surface area contributed by atoms with E-state index < -0.39 is 0 Å². The number of nitrogens with zero attached hydrogens (tertiary/aromatic N) is 5. The van der Waals surface area contributed by atoms with Crippen LogP contribution in [0, 0.1) is 5.82 Å². The van der Waals surface area contributed by atoms with Gasteiger partial charge in [0.05, 0.1) is 6.54 Å². The lowest BCUT2D eigenvalue weighted by molar-refractivity contribution is 0.0700. The van der Waals surface area contributed by atoms with Crippen molar-refractivity contribution in [1.82, 2.24) is 29.5 Å². The molecule has 7 nitrogen and oxygen atoms in total. The van der Waals surface area contributed by atoms with Crippen molar-refractivity contribution < 1.29 is 9.18 Å². The van der Waals surface area contributed by atoms with Crippen LogP contribution in [0.2, 0.25) is 0 Å². The molecule has 2 aliphatic heterocycles. The first-order valence-electron chi connectivity index (χ1n) is 9.76. The third kappa shape index (κ3) is 2.97. The maximum atomic E-state index is 13.4. The molecule has 2 aromatic heterocycles. The number of piperidine rings is 1. The third-order valence-electron chi connectivity index (χ3n) is 5.87. The molecule has 0 bridgehead atoms. The van der Waals surface area contributed by atoms with Crippen molar-refractivity contribution >= 4 is 16.8 Å². The van der Waals surface area contributed by atoms with E-state index in [1.165, 1.54) is 18.6 Å². The minimum absolute atomic E-state index is 0.0928. The van der Waals surface area contributed by atoms with E-state index in [0.29, 0.717) is 36.8 Å². The number of fused-ring (bicyclic) bond motifs is 2. The molecule has 3 aromatic rings. The molecule has 1 N–H and O–H groups in total. The molecule has 146 valence electrons. The Bertz CT molecular complexity index is 1040. The Morgan fingerprint density at radius 1 is 1.21 bits per heavy atom. The third-order valence-corrected chi connectivity index (χ3v) is 5.87. The second-order valence-corrected chi connectivity index (χ2v) is 7.87. The van der Waals surface area contributed by atoms with Gasteiger partial charge >= 0.3 is 0 Å². The van der Waals surface area contributed by atoms with Crippen molar-refractivity contribution in [2.24, 2.45) is 0 Å². The molecular formula is C20H23FN6O. The summed E-state index contributed by atoms with van der Waals surface area (Å²) in [5.41, 5.74) is 1.11. The Labute approximate surface area is 162 Å². The van der Waals surface area contributed by atoms with Gasteiger partial charge in [-0.15, -0.1) is 10.2 Å². The molecule has 1 unspecified atom stereocenters. The molecule has 1 atom stereocenters. The number of hydrogen-bond acceptors (Lipinski definition) is 4. The number of likely N-dealkylation sites (N-methyl/N-ethyl adjacent to an activating group) is 1. The fourth-order valence-electron chi connectivity index (χ4n) is 4.42. The average Bonchev–Trinajstić information content (AvgIpc) is 3.30. The van der Waals surface area contributed by atoms with Crippen LogP contribution >= 0.6 is 0 Å². The zero-order valence-electron chi connectivity index (χ0n) is 15.9. The van der Waals surface area contributed by atoms with Crippen LogP contribution in [0.5, 0.6) is 0 Å². The van der Waals surface area contributed by atoms with E-state index in [9.17, 15) is 9.18 Å². The Balaban J connectivity index is 1.36. The molecule has 0 spiro atoms. The molecule has 0 radical (unpaired) electrons. The van der Waals surface area contributed by atoms with Gasteiger partial charge in [0.15, 0.2) is 5.82 Å². The lowest BCUT2D eigenvalue weighted by Crippen LogP contribution is -2.39. The lowest BCUT2D eigenvalue weighted by Gasteiger charge is -2.31. The summed E-state index contributed by atoms with van der Waals surface area (Å²) in [6.07, 6.45) is 2.31. The van der Waals surface area contributed by atoms with E-state index in [4.69, 9.17) is 0 Å². The van der Waals surface area contributed by atoms with Gasteiger partial charge in [0, 0.05) is 36.5 Å². The number of aromatic amines is 1. The molecule has 4 heterocycles. The van der Waals surface area contributed by atoms with Crippen LogP contribution in [0.3, 0.4) is 0 Å². The first-order chi connectivity index (χ1) is 13.6. The van der Waals surface area contributed by atoms with Gasteiger partial charge in [0.25, 0.3) is 5.91 Å². The van der Waals surface area contributed by atoms with Crippen molar-refractivity contribution in [3.05, 3.63) is 47.4 Å². The molecule has 2 aliphatic rings. The van der Waals surface area contributed by atoms with Gasteiger partial charge in [-0.25, -0.2) is 4.39 Å². The van der Waals surface area contributed by atoms with Gasteiger partial charge in [-0.3, -0.25) is 4.79 Å². The van der Waals surface area contributed by atoms with Gasteiger partial charge in [0.2, 0.25) is 0 Å². The SMILES string of the molecule is CN1CCCC(c2nnc3n2CCN(C(=O)c2cc4ccc(F)cc4[nH]2)C3)C1. The molecule has 1 amide bonds. The number of carbonyl (C=O) groups is 1. The van der Waals surface area contributed by atoms with Crippen LogP contribution in [-0.2, 0) is 13.1 Å². The summed E-state index contributed by atoms with van der Waals surface area (Å²) in [6, 6.07) is 6.27. The molecule has 5 rings (SSSR count). The van der Waals surface area contributed by atoms with Gasteiger partial charge < -0.3 is 19.4 Å². The standard InChI is InChI=1S/C20H23FN6O/c1-25-6-2-3-14(11-25)19-24-23-18-12-26(7-8-27(18)19)20(28)17-9-13-4-5-15(21)10-16(13)22-17/h4-5,9-10,14,22H,2-3,6-8,11-12H2,1H3. The predicted molar refractivity (Wildman–Crippen MR) is 102 cm³/mol. The Kier molecular flexibility index (Phi) is 4.16. The number of likely N-dealkylation sites (tertiary alicyclic amines) is 1. The molecule has 28 heavy (non-hydrogen) atoms. The van der Waals surface area contributed by atoms with Gasteiger partial charge in [-0.1, -0.05) is 0 Å². The number of H-pyrrole nitrogens is 1. The Hall–Kier alpha value is -2.74. The van der Waals surface area contributed by atoms with Crippen molar-refractivity contribution in [2.75, 3.05) is 26.7 Å². The summed E-state index contributed by atoms with van der Waals surface area (Å²) in [5.74, 6) is 1.88. The Morgan fingerprint density at radius 3 is 2.96 bits per heavy atom. The van der Waals surface area contributed by atoms with E-state index in [0.717, 1.165) is 36.5 Å². The summed E-state index contributed by atoms with van der Waals surface area (Å²) < 4.78 is 15.6. The molecule has 0 saturated carbocycles. The van der Waals surface area contributed by atoms with E-state index in [1.807, 2.05) is 0 Å². The highest BCUT2D eigenvalue weighted by Crippen LogP contribution is 2.27. The van der Waals surface area contributed by atoms with Crippen LogP contribution in [-0.4, -0.2) is 62.1 Å². The topological polar surface area (TPSA) is 70.1 Å². The smallest absolute Gasteiger partial charge is 0.270 e. The van der Waals surface area contributed by atoms with Crippen LogP contribution in [0.15, 0.2) is 24.3 Å². The maximum absolute atomic E-state index is 13.4. The zero-order valence-corrected chi connectivity index (χ0v) is 15.9. The minimum Gasteiger partial charge on any atom is -0.350 e. The summed E-state index contributed by atoms with van der Waals surface area (Å²) in [4.78, 5) is 20.1. The number of nitrogens with one attached hydrogen (secondary N) is 1. The van der Waals surface area contributed by atoms with E-state index in [-0.39, 0.29) is 11.7 Å². The lowest BCUT2D eigenvalue weighted by atomic mass is 9.97. The number of hydrogen-bond donors (Lipinski definition) is 1. The normalized spacial score (nSPS) is 20.5. The van der Waals surface area contributed by atoms with E-state index in [2.05, 4.69) is 31.7 Å². The average molecular weight is 382 g/mol. The minimum atomic E-state index is -0.319. The predicted octanol–water partition coefficient (Wildman–Crippen LogP) is 2.36. The quantitative estimate of drug-likeness (QED) is 0.739. The van der Waals surface area contributed by atoms with Crippen LogP contribution in [0.25, 0.3) is 10.9 Å². The molecule has 1 aromatic carbocycles. The molecule has 0 aliphatic carbocycles. The highest BCUT2D eigenvalue weighted by atomic mass is 19.1. The van der Waals surface area contributed by atoms with Crippen molar-refractivity contribution in [3.8, 4) is 0 Å². The van der Waals surface area contributed by atoms with Gasteiger partial charge in [-0.2, -0.15) is 0 Å². The number of rotatable bonds is 2. The van der Waals surface area contributed by atoms with Crippen molar-refractivity contribution in [3.63, 3.8) is 0 Å². The number of carbonyl (C=O) groups excluding carboxylic acids is 1. The highest BCUT2D eigenvalue weighted by molar-refractivity contribution is 5.98. The first-order valence-corrected chi connectivity index (χ1v) is 9.76. The van der Waals surface area contributed by atoms with Crippen LogP contribution < -0.4 is 0 Å². The number of halogens is 1. The van der Waals surface area contributed by atoms with Crippen molar-refractivity contribution in [2.45, 2.75) is 31.8 Å². The molecular weight excluding hydrogens is 359 g/mol. The maximum Gasteiger partial charge on any atom is 0.270 e. The van der Waals surface area contributed by atoms with Crippen LogP contribution in [0.1, 0.15) is 40.9 Å². The second-order valence-electron chi connectivity index (χ2n) is 7.87. The van der Waals surface area contributed by atoms with E-state index in [1.54, 1.807) is 17.0 Å². The van der Waals surface area contributed by atoms with E-state index >= 15 is 0 Å². The van der Waals surface area contributed by atoms with Gasteiger partial charge in [-0.05, 0) is 50.7 Å². The summed E-state index contributed by atoms with van der Waals surface area (Å²) >= 11 is 0. The zero-order chi connectivity index (χ0) is 19.3. The molecule has 8 heteroatoms. The van der Waals surface area contributed by atoms with Crippen molar-refractivity contribution in [1.29, 1.82) is 0 Å². The highest BCUT2D eigenvalue weighted by Gasteiger charge is 2.30. The van der Waals surface area contributed by atoms with Crippen LogP contribution in [0.4, 0.5) is 4.39 Å². The first kappa shape index (κ1) is 17.4. The Morgan fingerprint density at radius 2 is 2.11 bits per heavy atom. The fourth-order valence-corrected chi connectivity index (χ4v) is 4.42. The number of amides is 1. The van der Waals surface area contributed by atoms with Gasteiger partial charge in [0.1, 0.15) is 17.3 Å². The largest absolute Gasteiger partial charge is 0.350 e. The second kappa shape index (κ2) is 6.70. The fraction of sp³-hybridized carbons (Fsp3) is 0.450. The monoisotopic (exact) mass is 382 g/mol. The molecule has 1 saturated heterocycles. The summed E-state index contributed by atoms with van der Waals surface area (Å²) in [7, 11) is 2.15. The molecule has 1 fully saturated rings.